The van der Waals surface area contributed by atoms with Gasteiger partial charge in [-0.3, -0.25) is 9.59 Å². The first-order valence-electron chi connectivity index (χ1n) is 12.4. The summed E-state index contributed by atoms with van der Waals surface area (Å²) in [5.74, 6) is 0.000108. The van der Waals surface area contributed by atoms with E-state index in [2.05, 4.69) is 24.1 Å². The molecule has 0 fully saturated rings. The van der Waals surface area contributed by atoms with Crippen molar-refractivity contribution in [1.29, 1.82) is 0 Å². The molecule has 190 valence electrons. The van der Waals surface area contributed by atoms with E-state index in [1.165, 1.54) is 0 Å². The first-order valence-corrected chi connectivity index (χ1v) is 12.8. The van der Waals surface area contributed by atoms with Crippen LogP contribution in [0.25, 0.3) is 0 Å². The first-order chi connectivity index (χ1) is 16.5. The van der Waals surface area contributed by atoms with Gasteiger partial charge in [0.2, 0.25) is 5.91 Å². The molecule has 0 spiro atoms. The van der Waals surface area contributed by atoms with Crippen LogP contribution in [-0.2, 0) is 16.1 Å². The van der Waals surface area contributed by atoms with Crippen LogP contribution in [-0.4, -0.2) is 41.4 Å². The third-order valence-corrected chi connectivity index (χ3v) is 6.53. The molecule has 0 saturated heterocycles. The molecule has 2 unspecified atom stereocenters. The molecular formula is C28H38ClN3O3. The summed E-state index contributed by atoms with van der Waals surface area (Å²) < 4.78 is 6.39. The van der Waals surface area contributed by atoms with E-state index in [1.54, 1.807) is 11.0 Å². The number of ether oxygens (including phenoxy) is 1. The Morgan fingerprint density at radius 2 is 1.80 bits per heavy atom. The number of benzene rings is 2. The molecule has 0 radical (unpaired) electrons. The second kappa shape index (κ2) is 10.9. The van der Waals surface area contributed by atoms with E-state index in [0.717, 1.165) is 24.3 Å². The molecule has 0 saturated carbocycles. The van der Waals surface area contributed by atoms with Crippen molar-refractivity contribution in [2.45, 2.75) is 72.7 Å². The molecule has 2 aromatic carbocycles. The van der Waals surface area contributed by atoms with Gasteiger partial charge in [-0.25, -0.2) is 0 Å². The minimum Gasteiger partial charge on any atom is -0.480 e. The topological polar surface area (TPSA) is 61.9 Å². The Bertz CT molecular complexity index is 1060. The molecule has 1 aliphatic rings. The minimum atomic E-state index is -0.859. The summed E-state index contributed by atoms with van der Waals surface area (Å²) in [5, 5.41) is 3.63. The molecule has 6 nitrogen and oxygen atoms in total. The Hall–Kier alpha value is -2.73. The number of nitrogens with one attached hydrogen (secondary N) is 1. The van der Waals surface area contributed by atoms with Gasteiger partial charge in [0, 0.05) is 47.5 Å². The maximum atomic E-state index is 14.0. The van der Waals surface area contributed by atoms with E-state index >= 15 is 0 Å². The van der Waals surface area contributed by atoms with Crippen LogP contribution in [0.15, 0.2) is 42.5 Å². The van der Waals surface area contributed by atoms with E-state index in [1.807, 2.05) is 71.0 Å². The maximum absolute atomic E-state index is 14.0. The average molecular weight is 500 g/mol. The van der Waals surface area contributed by atoms with Crippen molar-refractivity contribution >= 4 is 29.1 Å². The monoisotopic (exact) mass is 499 g/mol. The molecule has 35 heavy (non-hydrogen) atoms. The lowest BCUT2D eigenvalue weighted by Crippen LogP contribution is -2.51. The van der Waals surface area contributed by atoms with Gasteiger partial charge in [-0.1, -0.05) is 49.7 Å². The number of carbonyl (C=O) groups excluding carboxylic acids is 2. The Balaban J connectivity index is 2.20. The van der Waals surface area contributed by atoms with Crippen LogP contribution in [0.3, 0.4) is 0 Å². The van der Waals surface area contributed by atoms with Crippen LogP contribution in [0.4, 0.5) is 5.69 Å². The molecule has 0 aromatic heterocycles. The lowest BCUT2D eigenvalue weighted by Gasteiger charge is -2.33. The second-order valence-electron chi connectivity index (χ2n) is 10.4. The van der Waals surface area contributed by atoms with Gasteiger partial charge in [0.15, 0.2) is 6.10 Å². The molecular weight excluding hydrogens is 462 g/mol. The number of hydrogen-bond acceptors (Lipinski definition) is 4. The molecule has 0 aliphatic carbocycles. The molecule has 0 bridgehead atoms. The fourth-order valence-corrected chi connectivity index (χ4v) is 4.60. The van der Waals surface area contributed by atoms with Crippen LogP contribution in [0.1, 0.15) is 65.6 Å². The van der Waals surface area contributed by atoms with Crippen molar-refractivity contribution in [2.75, 3.05) is 18.0 Å². The maximum Gasteiger partial charge on any atom is 0.265 e. The van der Waals surface area contributed by atoms with Crippen LogP contribution in [0.2, 0.25) is 5.02 Å². The summed E-state index contributed by atoms with van der Waals surface area (Å²) >= 11 is 6.48. The average Bonchev–Trinajstić information content (AvgIpc) is 2.89. The second-order valence-corrected chi connectivity index (χ2v) is 10.8. The third-order valence-electron chi connectivity index (χ3n) is 6.16. The van der Waals surface area contributed by atoms with Gasteiger partial charge >= 0.3 is 0 Å². The van der Waals surface area contributed by atoms with Gasteiger partial charge in [-0.15, -0.1) is 0 Å². The lowest BCUT2D eigenvalue weighted by atomic mass is 9.99. The van der Waals surface area contributed by atoms with Crippen molar-refractivity contribution in [2.24, 2.45) is 5.92 Å². The van der Waals surface area contributed by atoms with Gasteiger partial charge in [0.05, 0.1) is 0 Å². The number of nitrogens with zero attached hydrogens (tertiary/aromatic N) is 2. The number of fused-ring (bicyclic) bond motifs is 1. The quantitative estimate of drug-likeness (QED) is 0.539. The van der Waals surface area contributed by atoms with Crippen LogP contribution < -0.4 is 15.0 Å². The standard InChI is InChI=1S/C28H38ClN3O3/c1-8-31(9-2)20-14-15-21-23(16-20)35-25(18(3)4)27(34)32(17-19-12-10-11-13-22(19)29)24(21)26(33)30-28(5,6)7/h10-16,18,24-25H,8-9,17H2,1-7H3,(H,30,33). The van der Waals surface area contributed by atoms with E-state index in [0.29, 0.717) is 16.3 Å². The van der Waals surface area contributed by atoms with Crippen molar-refractivity contribution in [1.82, 2.24) is 10.2 Å². The van der Waals surface area contributed by atoms with Gasteiger partial charge in [0.25, 0.3) is 5.91 Å². The highest BCUT2D eigenvalue weighted by molar-refractivity contribution is 6.31. The summed E-state index contributed by atoms with van der Waals surface area (Å²) in [4.78, 5) is 31.5. The van der Waals surface area contributed by atoms with E-state index in [4.69, 9.17) is 16.3 Å². The number of hydrogen-bond donors (Lipinski definition) is 1. The van der Waals surface area contributed by atoms with E-state index in [-0.39, 0.29) is 24.3 Å². The molecule has 2 amide bonds. The van der Waals surface area contributed by atoms with Crippen molar-refractivity contribution in [3.05, 3.63) is 58.6 Å². The fraction of sp³-hybridized carbons (Fsp3) is 0.500. The van der Waals surface area contributed by atoms with Crippen LogP contribution >= 0.6 is 11.6 Å². The normalized spacial score (nSPS) is 18.1. The van der Waals surface area contributed by atoms with E-state index < -0.39 is 17.7 Å². The Morgan fingerprint density at radius 3 is 2.37 bits per heavy atom. The van der Waals surface area contributed by atoms with E-state index in [9.17, 15) is 9.59 Å². The first kappa shape index (κ1) is 26.9. The Kier molecular flexibility index (Phi) is 8.37. The Morgan fingerprint density at radius 1 is 1.14 bits per heavy atom. The van der Waals surface area contributed by atoms with Crippen molar-refractivity contribution < 1.29 is 14.3 Å². The van der Waals surface area contributed by atoms with Crippen LogP contribution in [0.5, 0.6) is 5.75 Å². The highest BCUT2D eigenvalue weighted by atomic mass is 35.5. The third kappa shape index (κ3) is 6.10. The molecule has 1 N–H and O–H groups in total. The summed E-state index contributed by atoms with van der Waals surface area (Å²) in [5.41, 5.74) is 1.98. The number of rotatable bonds is 7. The molecule has 1 aliphatic heterocycles. The minimum absolute atomic E-state index is 0.0920. The van der Waals surface area contributed by atoms with Gasteiger partial charge in [-0.2, -0.15) is 0 Å². The van der Waals surface area contributed by atoms with Gasteiger partial charge < -0.3 is 19.9 Å². The molecule has 1 heterocycles. The summed E-state index contributed by atoms with van der Waals surface area (Å²) in [7, 11) is 0. The Labute approximate surface area is 214 Å². The van der Waals surface area contributed by atoms with Gasteiger partial charge in [0.1, 0.15) is 11.8 Å². The number of halogens is 1. The summed E-state index contributed by atoms with van der Waals surface area (Å²) in [6.45, 7) is 15.8. The molecule has 7 heteroatoms. The van der Waals surface area contributed by atoms with Crippen LogP contribution in [0, 0.1) is 5.92 Å². The number of carbonyl (C=O) groups is 2. The molecule has 2 atom stereocenters. The predicted octanol–water partition coefficient (Wildman–Crippen LogP) is 5.59. The summed E-state index contributed by atoms with van der Waals surface area (Å²) in [6.07, 6.45) is -0.726. The van der Waals surface area contributed by atoms with Gasteiger partial charge in [-0.05, 0) is 58.2 Å². The molecule has 3 rings (SSSR count). The zero-order valence-electron chi connectivity index (χ0n) is 21.9. The highest BCUT2D eigenvalue weighted by Gasteiger charge is 2.43. The zero-order chi connectivity index (χ0) is 25.9. The largest absolute Gasteiger partial charge is 0.480 e. The van der Waals surface area contributed by atoms with Crippen molar-refractivity contribution in [3.63, 3.8) is 0 Å². The lowest BCUT2D eigenvalue weighted by molar-refractivity contribution is -0.147. The fourth-order valence-electron chi connectivity index (χ4n) is 4.40. The van der Waals surface area contributed by atoms with Crippen molar-refractivity contribution in [3.8, 4) is 5.75 Å². The summed E-state index contributed by atoms with van der Waals surface area (Å²) in [6, 6.07) is 12.4. The number of amides is 2. The predicted molar refractivity (Wildman–Crippen MR) is 142 cm³/mol. The zero-order valence-corrected chi connectivity index (χ0v) is 22.6. The SMILES string of the molecule is CCN(CC)c1ccc2c(c1)OC(C(C)C)C(=O)N(Cc1ccccc1Cl)C2C(=O)NC(C)(C)C. The molecule has 2 aromatic rings. The highest BCUT2D eigenvalue weighted by Crippen LogP contribution is 2.39. The number of anilines is 1. The smallest absolute Gasteiger partial charge is 0.265 e.